The van der Waals surface area contributed by atoms with E-state index in [0.717, 1.165) is 0 Å². The van der Waals surface area contributed by atoms with Gasteiger partial charge in [-0.25, -0.2) is 4.79 Å². The maximum atomic E-state index is 12.9. The number of carbonyl (C=O) groups is 2. The van der Waals surface area contributed by atoms with Crippen LogP contribution in [0.5, 0.6) is 17.2 Å². The molecule has 0 fully saturated rings. The third-order valence-electron chi connectivity index (χ3n) is 4.12. The number of hydrogen-bond acceptors (Lipinski definition) is 7. The van der Waals surface area contributed by atoms with E-state index >= 15 is 0 Å². The third kappa shape index (κ3) is 4.73. The summed E-state index contributed by atoms with van der Waals surface area (Å²) in [6.45, 7) is 1.71. The number of allylic oxidation sites excluding steroid dienone is 3. The first-order valence-electron chi connectivity index (χ1n) is 8.73. The van der Waals surface area contributed by atoms with Crippen LogP contribution in [0.15, 0.2) is 36.1 Å². The van der Waals surface area contributed by atoms with Crippen LogP contribution in [0.4, 0.5) is 0 Å². The Balaban J connectivity index is 2.65. The largest absolute Gasteiger partial charge is 0.504 e. The molecule has 7 heteroatoms. The molecule has 150 valence electrons. The number of hydrogen-bond donors (Lipinski definition) is 1. The van der Waals surface area contributed by atoms with Gasteiger partial charge in [0.25, 0.3) is 0 Å². The molecule has 1 aliphatic heterocycles. The van der Waals surface area contributed by atoms with E-state index < -0.39 is 17.9 Å². The van der Waals surface area contributed by atoms with Crippen molar-refractivity contribution in [3.8, 4) is 17.2 Å². The Morgan fingerprint density at radius 3 is 2.39 bits per heavy atom. The normalized spacial score (nSPS) is 22.0. The second kappa shape index (κ2) is 9.64. The second-order valence-corrected chi connectivity index (χ2v) is 6.05. The fraction of sp³-hybridized carbons (Fsp3) is 0.333. The van der Waals surface area contributed by atoms with Gasteiger partial charge in [0.05, 0.1) is 21.3 Å². The summed E-state index contributed by atoms with van der Waals surface area (Å²) in [5.74, 6) is -0.425. The molecule has 0 saturated carbocycles. The topological polar surface area (TPSA) is 91.3 Å². The van der Waals surface area contributed by atoms with Crippen molar-refractivity contribution in [2.24, 2.45) is 0 Å². The molecule has 0 aliphatic carbocycles. The SMILES string of the molecule is COc1cc(OC)c2c(c1OC)/C=C/C/C=C(/O)C(=O)/C=C/C[C@H](C)OC2=O. The lowest BCUT2D eigenvalue weighted by molar-refractivity contribution is -0.113. The molecule has 0 bridgehead atoms. The Morgan fingerprint density at radius 2 is 1.75 bits per heavy atom. The lowest BCUT2D eigenvalue weighted by atomic mass is 10.0. The number of cyclic esters (lactones) is 1. The summed E-state index contributed by atoms with van der Waals surface area (Å²) < 4.78 is 21.7. The molecule has 7 nitrogen and oxygen atoms in total. The number of aliphatic hydroxyl groups is 1. The molecule has 0 unspecified atom stereocenters. The van der Waals surface area contributed by atoms with Gasteiger partial charge in [0.1, 0.15) is 17.4 Å². The van der Waals surface area contributed by atoms with Crippen molar-refractivity contribution < 1.29 is 33.6 Å². The summed E-state index contributed by atoms with van der Waals surface area (Å²) in [7, 11) is 4.39. The van der Waals surface area contributed by atoms with Crippen molar-refractivity contribution >= 4 is 17.8 Å². The highest BCUT2D eigenvalue weighted by Gasteiger charge is 2.26. The molecule has 0 aromatic heterocycles. The summed E-state index contributed by atoms with van der Waals surface area (Å²) in [4.78, 5) is 24.7. The fourth-order valence-corrected chi connectivity index (χ4v) is 2.74. The number of ketones is 1. The van der Waals surface area contributed by atoms with E-state index in [1.54, 1.807) is 31.2 Å². The van der Waals surface area contributed by atoms with Crippen LogP contribution in [0, 0.1) is 0 Å². The minimum Gasteiger partial charge on any atom is -0.504 e. The first kappa shape index (κ1) is 21.1. The average molecular weight is 388 g/mol. The molecule has 1 aliphatic rings. The van der Waals surface area contributed by atoms with Crippen LogP contribution < -0.4 is 14.2 Å². The molecule has 2 rings (SSSR count). The third-order valence-corrected chi connectivity index (χ3v) is 4.12. The number of benzene rings is 1. The van der Waals surface area contributed by atoms with E-state index in [-0.39, 0.29) is 23.5 Å². The molecule has 0 radical (unpaired) electrons. The molecule has 1 N–H and O–H groups in total. The number of esters is 1. The molecule has 0 saturated heterocycles. The van der Waals surface area contributed by atoms with E-state index in [9.17, 15) is 14.7 Å². The highest BCUT2D eigenvalue weighted by molar-refractivity contribution is 6.02. The van der Waals surface area contributed by atoms with Crippen molar-refractivity contribution in [3.05, 3.63) is 47.3 Å². The Morgan fingerprint density at radius 1 is 1.04 bits per heavy atom. The standard InChI is InChI=1S/C21H24O7/c1-13-8-7-11-16(23)15(22)10-6-5-9-14-19(21(24)28-13)17(25-2)12-18(26-3)20(14)27-4/h5,7,9-13,22H,6,8H2,1-4H3/b9-5+,11-7+,15-10+/t13-/m0/s1. The Labute approximate surface area is 163 Å². The molecular weight excluding hydrogens is 364 g/mol. The zero-order chi connectivity index (χ0) is 20.7. The monoisotopic (exact) mass is 388 g/mol. The Hall–Kier alpha value is -3.22. The summed E-state index contributed by atoms with van der Waals surface area (Å²) >= 11 is 0. The minimum absolute atomic E-state index is 0.202. The lowest BCUT2D eigenvalue weighted by Gasteiger charge is -2.19. The Bertz CT molecular complexity index is 834. The van der Waals surface area contributed by atoms with Crippen LogP contribution in [-0.2, 0) is 9.53 Å². The maximum Gasteiger partial charge on any atom is 0.342 e. The smallest absolute Gasteiger partial charge is 0.342 e. The van der Waals surface area contributed by atoms with Crippen molar-refractivity contribution in [1.82, 2.24) is 0 Å². The van der Waals surface area contributed by atoms with Gasteiger partial charge < -0.3 is 24.1 Å². The van der Waals surface area contributed by atoms with Gasteiger partial charge in [-0.1, -0.05) is 18.2 Å². The van der Waals surface area contributed by atoms with Gasteiger partial charge >= 0.3 is 5.97 Å². The lowest BCUT2D eigenvalue weighted by Crippen LogP contribution is -2.17. The zero-order valence-corrected chi connectivity index (χ0v) is 16.4. The summed E-state index contributed by atoms with van der Waals surface area (Å²) in [5.41, 5.74) is 0.622. The molecular formula is C21H24O7. The van der Waals surface area contributed by atoms with Crippen molar-refractivity contribution in [2.75, 3.05) is 21.3 Å². The maximum absolute atomic E-state index is 12.9. The molecule has 1 heterocycles. The number of fused-ring (bicyclic) bond motifs is 1. The average Bonchev–Trinajstić information content (AvgIpc) is 2.68. The van der Waals surface area contributed by atoms with Crippen molar-refractivity contribution in [3.63, 3.8) is 0 Å². The summed E-state index contributed by atoms with van der Waals surface area (Å²) in [6.07, 6.45) is 7.59. The van der Waals surface area contributed by atoms with Crippen LogP contribution in [0.3, 0.4) is 0 Å². The number of aliphatic hydroxyl groups excluding tert-OH is 1. The van der Waals surface area contributed by atoms with Crippen LogP contribution in [-0.4, -0.2) is 44.3 Å². The minimum atomic E-state index is -0.583. The van der Waals surface area contributed by atoms with E-state index in [0.29, 0.717) is 23.5 Å². The van der Waals surface area contributed by atoms with Crippen LogP contribution in [0.25, 0.3) is 6.08 Å². The van der Waals surface area contributed by atoms with Gasteiger partial charge in [-0.05, 0) is 25.5 Å². The van der Waals surface area contributed by atoms with Crippen LogP contribution in [0.2, 0.25) is 0 Å². The quantitative estimate of drug-likeness (QED) is 0.791. The second-order valence-electron chi connectivity index (χ2n) is 6.05. The zero-order valence-electron chi connectivity index (χ0n) is 16.4. The van der Waals surface area contributed by atoms with Gasteiger partial charge in [0.2, 0.25) is 5.78 Å². The van der Waals surface area contributed by atoms with E-state index in [1.165, 1.54) is 33.5 Å². The summed E-state index contributed by atoms with van der Waals surface area (Å²) in [5, 5.41) is 9.83. The number of rotatable bonds is 3. The Kier molecular flexibility index (Phi) is 7.26. The highest BCUT2D eigenvalue weighted by Crippen LogP contribution is 2.41. The first-order valence-corrected chi connectivity index (χ1v) is 8.73. The van der Waals surface area contributed by atoms with Crippen LogP contribution in [0.1, 0.15) is 35.7 Å². The van der Waals surface area contributed by atoms with Gasteiger partial charge in [0.15, 0.2) is 17.3 Å². The fourth-order valence-electron chi connectivity index (χ4n) is 2.74. The first-order chi connectivity index (χ1) is 13.4. The van der Waals surface area contributed by atoms with Gasteiger partial charge in [-0.15, -0.1) is 0 Å². The predicted octanol–water partition coefficient (Wildman–Crippen LogP) is 3.63. The van der Waals surface area contributed by atoms with Crippen molar-refractivity contribution in [2.45, 2.75) is 25.9 Å². The molecule has 1 aromatic rings. The molecule has 0 spiro atoms. The van der Waals surface area contributed by atoms with Crippen LogP contribution >= 0.6 is 0 Å². The number of ether oxygens (including phenoxy) is 4. The van der Waals surface area contributed by atoms with Crippen molar-refractivity contribution in [1.29, 1.82) is 0 Å². The number of carbonyl (C=O) groups excluding carboxylic acids is 2. The highest BCUT2D eigenvalue weighted by atomic mass is 16.5. The number of methoxy groups -OCH3 is 3. The predicted molar refractivity (Wildman–Crippen MR) is 104 cm³/mol. The van der Waals surface area contributed by atoms with Gasteiger partial charge in [-0.2, -0.15) is 0 Å². The molecule has 1 atom stereocenters. The van der Waals surface area contributed by atoms with E-state index in [2.05, 4.69) is 0 Å². The molecule has 0 amide bonds. The van der Waals surface area contributed by atoms with E-state index in [4.69, 9.17) is 18.9 Å². The summed E-state index contributed by atoms with van der Waals surface area (Å²) in [6, 6.07) is 1.56. The molecule has 1 aromatic carbocycles. The van der Waals surface area contributed by atoms with E-state index in [1.807, 2.05) is 0 Å². The van der Waals surface area contributed by atoms with Gasteiger partial charge in [-0.3, -0.25) is 4.79 Å². The van der Waals surface area contributed by atoms with Gasteiger partial charge in [0, 0.05) is 18.1 Å². The molecule has 28 heavy (non-hydrogen) atoms.